The van der Waals surface area contributed by atoms with E-state index >= 15 is 0 Å². The number of thioether (sulfide) groups is 1. The van der Waals surface area contributed by atoms with E-state index in [2.05, 4.69) is 0 Å². The lowest BCUT2D eigenvalue weighted by Gasteiger charge is -2.09. The Kier molecular flexibility index (Phi) is 4.53. The van der Waals surface area contributed by atoms with Crippen LogP contribution in [0.4, 0.5) is 0 Å². The Morgan fingerprint density at radius 3 is 2.44 bits per heavy atom. The third kappa shape index (κ3) is 3.19. The Labute approximate surface area is 116 Å². The summed E-state index contributed by atoms with van der Waals surface area (Å²) >= 11 is 7.76. The van der Waals surface area contributed by atoms with Crippen LogP contribution in [0.1, 0.15) is 5.56 Å². The first-order chi connectivity index (χ1) is 8.72. The van der Waals surface area contributed by atoms with Gasteiger partial charge in [0.15, 0.2) is 0 Å². The normalized spacial score (nSPS) is 10.4. The second-order valence-corrected chi connectivity index (χ2v) is 4.99. The molecule has 1 N–H and O–H groups in total. The highest BCUT2D eigenvalue weighted by atomic mass is 35.5. The van der Waals surface area contributed by atoms with Gasteiger partial charge in [0.2, 0.25) is 0 Å². The van der Waals surface area contributed by atoms with Gasteiger partial charge >= 0.3 is 0 Å². The van der Waals surface area contributed by atoms with Gasteiger partial charge in [-0.2, -0.15) is 0 Å². The summed E-state index contributed by atoms with van der Waals surface area (Å²) in [5.74, 6) is 1.33. The first-order valence-electron chi connectivity index (χ1n) is 5.44. The van der Waals surface area contributed by atoms with Crippen LogP contribution in [0.5, 0.6) is 11.5 Å². The zero-order valence-corrected chi connectivity index (χ0v) is 11.5. The zero-order valence-electron chi connectivity index (χ0n) is 9.89. The van der Waals surface area contributed by atoms with Crippen molar-refractivity contribution >= 4 is 23.4 Å². The highest BCUT2D eigenvalue weighted by molar-refractivity contribution is 7.98. The second-order valence-electron chi connectivity index (χ2n) is 3.70. The molecule has 2 aromatic rings. The molecule has 0 radical (unpaired) electrons. The lowest BCUT2D eigenvalue weighted by atomic mass is 10.2. The number of benzene rings is 2. The molecule has 0 spiro atoms. The standard InChI is InChI=1S/C14H13ClO2S/c1-18-12-5-3-11(4-6-12)17-14-7-2-10(9-16)8-13(14)15/h2-8,16H,9H2,1H3. The van der Waals surface area contributed by atoms with Crippen LogP contribution in [0.2, 0.25) is 5.02 Å². The second kappa shape index (κ2) is 6.14. The largest absolute Gasteiger partial charge is 0.456 e. The maximum atomic E-state index is 9.00. The average molecular weight is 281 g/mol. The Hall–Kier alpha value is -1.16. The number of aliphatic hydroxyl groups is 1. The Morgan fingerprint density at radius 2 is 1.89 bits per heavy atom. The van der Waals surface area contributed by atoms with Crippen LogP contribution in [-0.4, -0.2) is 11.4 Å². The SMILES string of the molecule is CSc1ccc(Oc2ccc(CO)cc2Cl)cc1. The van der Waals surface area contributed by atoms with E-state index < -0.39 is 0 Å². The molecule has 94 valence electrons. The topological polar surface area (TPSA) is 29.5 Å². The van der Waals surface area contributed by atoms with E-state index in [0.717, 1.165) is 11.3 Å². The number of aliphatic hydroxyl groups excluding tert-OH is 1. The minimum absolute atomic E-state index is 0.0254. The molecule has 0 unspecified atom stereocenters. The van der Waals surface area contributed by atoms with Gasteiger partial charge in [-0.1, -0.05) is 17.7 Å². The lowest BCUT2D eigenvalue weighted by Crippen LogP contribution is -1.88. The molecule has 0 bridgehead atoms. The fourth-order valence-corrected chi connectivity index (χ4v) is 2.15. The molecule has 0 aromatic heterocycles. The highest BCUT2D eigenvalue weighted by Gasteiger charge is 2.04. The fourth-order valence-electron chi connectivity index (χ4n) is 1.50. The predicted molar refractivity (Wildman–Crippen MR) is 75.7 cm³/mol. The van der Waals surface area contributed by atoms with Crippen LogP contribution in [0.25, 0.3) is 0 Å². The number of halogens is 1. The van der Waals surface area contributed by atoms with Crippen LogP contribution >= 0.6 is 23.4 Å². The Bertz CT molecular complexity index is 526. The van der Waals surface area contributed by atoms with E-state index in [9.17, 15) is 0 Å². The molecule has 0 saturated heterocycles. The minimum Gasteiger partial charge on any atom is -0.456 e. The van der Waals surface area contributed by atoms with Gasteiger partial charge in [-0.15, -0.1) is 11.8 Å². The van der Waals surface area contributed by atoms with Crippen molar-refractivity contribution in [2.24, 2.45) is 0 Å². The third-order valence-corrected chi connectivity index (χ3v) is 3.51. The summed E-state index contributed by atoms with van der Waals surface area (Å²) in [4.78, 5) is 1.18. The fraction of sp³-hybridized carbons (Fsp3) is 0.143. The summed E-state index contributed by atoms with van der Waals surface area (Å²) in [6.07, 6.45) is 2.03. The molecule has 0 atom stereocenters. The molecule has 0 aliphatic rings. The number of hydrogen-bond donors (Lipinski definition) is 1. The van der Waals surface area contributed by atoms with Crippen molar-refractivity contribution in [3.05, 3.63) is 53.1 Å². The van der Waals surface area contributed by atoms with E-state index in [4.69, 9.17) is 21.4 Å². The maximum absolute atomic E-state index is 9.00. The Balaban J connectivity index is 2.17. The highest BCUT2D eigenvalue weighted by Crippen LogP contribution is 2.30. The van der Waals surface area contributed by atoms with Crippen molar-refractivity contribution in [2.45, 2.75) is 11.5 Å². The number of rotatable bonds is 4. The molecule has 2 nitrogen and oxygen atoms in total. The summed E-state index contributed by atoms with van der Waals surface area (Å²) in [5.41, 5.74) is 0.769. The molecule has 0 saturated carbocycles. The molecular formula is C14H13ClO2S. The molecule has 0 amide bonds. The van der Waals surface area contributed by atoms with Gasteiger partial charge in [-0.05, 0) is 48.2 Å². The van der Waals surface area contributed by atoms with Gasteiger partial charge in [0.1, 0.15) is 11.5 Å². The van der Waals surface area contributed by atoms with Crippen LogP contribution < -0.4 is 4.74 Å². The van der Waals surface area contributed by atoms with Crippen molar-refractivity contribution in [3.8, 4) is 11.5 Å². The average Bonchev–Trinajstić information content (AvgIpc) is 2.42. The molecule has 0 aliphatic heterocycles. The number of ether oxygens (including phenoxy) is 1. The molecule has 0 aliphatic carbocycles. The van der Waals surface area contributed by atoms with Gasteiger partial charge < -0.3 is 9.84 Å². The first kappa shape index (κ1) is 13.3. The van der Waals surface area contributed by atoms with Gasteiger partial charge in [0, 0.05) is 4.90 Å². The van der Waals surface area contributed by atoms with E-state index in [-0.39, 0.29) is 6.61 Å². The minimum atomic E-state index is -0.0254. The van der Waals surface area contributed by atoms with Gasteiger partial charge in [0.25, 0.3) is 0 Å². The summed E-state index contributed by atoms with van der Waals surface area (Å²) in [5, 5.41) is 9.49. The summed E-state index contributed by atoms with van der Waals surface area (Å²) < 4.78 is 5.69. The van der Waals surface area contributed by atoms with E-state index in [1.807, 2.05) is 30.5 Å². The van der Waals surface area contributed by atoms with Crippen LogP contribution in [0, 0.1) is 0 Å². The van der Waals surface area contributed by atoms with Crippen molar-refractivity contribution in [3.63, 3.8) is 0 Å². The smallest absolute Gasteiger partial charge is 0.146 e. The summed E-state index contributed by atoms with van der Waals surface area (Å²) in [6.45, 7) is -0.0254. The molecule has 2 rings (SSSR count). The van der Waals surface area contributed by atoms with E-state index in [1.165, 1.54) is 4.90 Å². The predicted octanol–water partition coefficient (Wildman–Crippen LogP) is 4.35. The molecule has 2 aromatic carbocycles. The van der Waals surface area contributed by atoms with Gasteiger partial charge in [-0.25, -0.2) is 0 Å². The van der Waals surface area contributed by atoms with Crippen LogP contribution in [-0.2, 0) is 6.61 Å². The summed E-state index contributed by atoms with van der Waals surface area (Å²) in [6, 6.07) is 13.1. The monoisotopic (exact) mass is 280 g/mol. The van der Waals surface area contributed by atoms with Crippen molar-refractivity contribution in [1.82, 2.24) is 0 Å². The number of hydrogen-bond acceptors (Lipinski definition) is 3. The third-order valence-electron chi connectivity index (χ3n) is 2.47. The zero-order chi connectivity index (χ0) is 13.0. The Morgan fingerprint density at radius 1 is 1.17 bits per heavy atom. The molecule has 4 heteroatoms. The van der Waals surface area contributed by atoms with E-state index in [1.54, 1.807) is 30.0 Å². The van der Waals surface area contributed by atoms with Crippen molar-refractivity contribution in [2.75, 3.05) is 6.26 Å². The molecule has 0 heterocycles. The first-order valence-corrected chi connectivity index (χ1v) is 7.04. The van der Waals surface area contributed by atoms with Crippen LogP contribution in [0.3, 0.4) is 0 Å². The molecule has 18 heavy (non-hydrogen) atoms. The molecular weight excluding hydrogens is 268 g/mol. The quantitative estimate of drug-likeness (QED) is 0.845. The van der Waals surface area contributed by atoms with E-state index in [0.29, 0.717) is 10.8 Å². The van der Waals surface area contributed by atoms with Crippen molar-refractivity contribution in [1.29, 1.82) is 0 Å². The van der Waals surface area contributed by atoms with Crippen LogP contribution in [0.15, 0.2) is 47.4 Å². The van der Waals surface area contributed by atoms with Crippen molar-refractivity contribution < 1.29 is 9.84 Å². The summed E-state index contributed by atoms with van der Waals surface area (Å²) in [7, 11) is 0. The van der Waals surface area contributed by atoms with Gasteiger partial charge in [-0.3, -0.25) is 0 Å². The maximum Gasteiger partial charge on any atom is 0.146 e. The van der Waals surface area contributed by atoms with Gasteiger partial charge in [0.05, 0.1) is 11.6 Å². The molecule has 0 fully saturated rings. The lowest BCUT2D eigenvalue weighted by molar-refractivity contribution is 0.281.